The van der Waals surface area contributed by atoms with E-state index in [0.29, 0.717) is 5.75 Å². The highest BCUT2D eigenvalue weighted by Gasteiger charge is 2.17. The zero-order valence-electron chi connectivity index (χ0n) is 12.4. The van der Waals surface area contributed by atoms with Gasteiger partial charge in [-0.25, -0.2) is 0 Å². The Morgan fingerprint density at radius 2 is 1.52 bits per heavy atom. The molecule has 0 radical (unpaired) electrons. The van der Waals surface area contributed by atoms with Crippen LogP contribution < -0.4 is 9.47 Å². The summed E-state index contributed by atoms with van der Waals surface area (Å²) < 4.78 is 10.6. The lowest BCUT2D eigenvalue weighted by atomic mass is 10.00. The zero-order valence-corrected chi connectivity index (χ0v) is 13.1. The van der Waals surface area contributed by atoms with Crippen molar-refractivity contribution in [2.24, 2.45) is 0 Å². The second kappa shape index (κ2) is 5.98. The Labute approximate surface area is 130 Å². The fourth-order valence-corrected chi connectivity index (χ4v) is 3.22. The van der Waals surface area contributed by atoms with Crippen LogP contribution >= 0.6 is 11.6 Å². The molecule has 1 aliphatic carbocycles. The fraction of sp³-hybridized carbons (Fsp3) is 0.333. The van der Waals surface area contributed by atoms with Crippen LogP contribution in [0.4, 0.5) is 0 Å². The molecule has 0 aromatic heterocycles. The van der Waals surface area contributed by atoms with Crippen LogP contribution in [0.3, 0.4) is 0 Å². The molecule has 1 unspecified atom stereocenters. The lowest BCUT2D eigenvalue weighted by Crippen LogP contribution is -1.97. The van der Waals surface area contributed by atoms with Crippen molar-refractivity contribution in [1.82, 2.24) is 0 Å². The molecule has 0 N–H and O–H groups in total. The first kappa shape index (κ1) is 14.3. The first-order valence-electron chi connectivity index (χ1n) is 7.20. The summed E-state index contributed by atoms with van der Waals surface area (Å²) in [5.41, 5.74) is 5.07. The SMILES string of the molecule is COc1ccc(C(Cl)c2ccc3c(c2)CCC3)cc1OC. The summed E-state index contributed by atoms with van der Waals surface area (Å²) in [6.07, 6.45) is 3.61. The van der Waals surface area contributed by atoms with Gasteiger partial charge in [-0.15, -0.1) is 11.6 Å². The van der Waals surface area contributed by atoms with E-state index in [1.54, 1.807) is 14.2 Å². The van der Waals surface area contributed by atoms with Crippen molar-refractivity contribution in [2.45, 2.75) is 24.6 Å². The van der Waals surface area contributed by atoms with E-state index in [9.17, 15) is 0 Å². The summed E-state index contributed by atoms with van der Waals surface area (Å²) in [6.45, 7) is 0. The molecule has 1 atom stereocenters. The Bertz CT molecular complexity index is 652. The highest BCUT2D eigenvalue weighted by Crippen LogP contribution is 2.36. The molecule has 3 rings (SSSR count). The van der Waals surface area contributed by atoms with Gasteiger partial charge in [-0.1, -0.05) is 24.3 Å². The molecule has 2 nitrogen and oxygen atoms in total. The van der Waals surface area contributed by atoms with Crippen LogP contribution in [-0.2, 0) is 12.8 Å². The lowest BCUT2D eigenvalue weighted by Gasteiger charge is -2.15. The Hall–Kier alpha value is -1.67. The van der Waals surface area contributed by atoms with Crippen molar-refractivity contribution in [3.63, 3.8) is 0 Å². The Balaban J connectivity index is 1.93. The summed E-state index contributed by atoms with van der Waals surface area (Å²) in [5.74, 6) is 1.43. The fourth-order valence-electron chi connectivity index (χ4n) is 2.95. The van der Waals surface area contributed by atoms with E-state index in [-0.39, 0.29) is 5.38 Å². The van der Waals surface area contributed by atoms with E-state index in [2.05, 4.69) is 18.2 Å². The minimum Gasteiger partial charge on any atom is -0.493 e. The number of halogens is 1. The topological polar surface area (TPSA) is 18.5 Å². The van der Waals surface area contributed by atoms with E-state index >= 15 is 0 Å². The van der Waals surface area contributed by atoms with Crippen molar-refractivity contribution in [1.29, 1.82) is 0 Å². The van der Waals surface area contributed by atoms with Crippen LogP contribution in [0.5, 0.6) is 11.5 Å². The van der Waals surface area contributed by atoms with E-state index in [4.69, 9.17) is 21.1 Å². The number of ether oxygens (including phenoxy) is 2. The Morgan fingerprint density at radius 3 is 2.29 bits per heavy atom. The predicted molar refractivity (Wildman–Crippen MR) is 85.7 cm³/mol. The highest BCUT2D eigenvalue weighted by atomic mass is 35.5. The maximum atomic E-state index is 6.66. The van der Waals surface area contributed by atoms with Gasteiger partial charge in [0, 0.05) is 0 Å². The second-order valence-electron chi connectivity index (χ2n) is 5.36. The van der Waals surface area contributed by atoms with Gasteiger partial charge < -0.3 is 9.47 Å². The van der Waals surface area contributed by atoms with Gasteiger partial charge in [0.05, 0.1) is 19.6 Å². The molecule has 0 amide bonds. The van der Waals surface area contributed by atoms with Crippen LogP contribution in [-0.4, -0.2) is 14.2 Å². The molecule has 0 saturated heterocycles. The summed E-state index contributed by atoms with van der Waals surface area (Å²) >= 11 is 6.66. The summed E-state index contributed by atoms with van der Waals surface area (Å²) in [7, 11) is 3.27. The molecule has 0 heterocycles. The molecule has 0 saturated carbocycles. The second-order valence-corrected chi connectivity index (χ2v) is 5.80. The monoisotopic (exact) mass is 302 g/mol. The van der Waals surface area contributed by atoms with Gasteiger partial charge in [0.2, 0.25) is 0 Å². The highest BCUT2D eigenvalue weighted by molar-refractivity contribution is 6.22. The van der Waals surface area contributed by atoms with Crippen LogP contribution in [0.15, 0.2) is 36.4 Å². The van der Waals surface area contributed by atoms with Gasteiger partial charge in [-0.3, -0.25) is 0 Å². The number of methoxy groups -OCH3 is 2. The van der Waals surface area contributed by atoms with Gasteiger partial charge in [-0.2, -0.15) is 0 Å². The van der Waals surface area contributed by atoms with E-state index < -0.39 is 0 Å². The first-order chi connectivity index (χ1) is 10.2. The lowest BCUT2D eigenvalue weighted by molar-refractivity contribution is 0.354. The van der Waals surface area contributed by atoms with Crippen LogP contribution in [0, 0.1) is 0 Å². The summed E-state index contributed by atoms with van der Waals surface area (Å²) in [4.78, 5) is 0. The summed E-state index contributed by atoms with van der Waals surface area (Å²) in [5, 5.41) is -0.171. The Morgan fingerprint density at radius 1 is 0.857 bits per heavy atom. The Kier molecular flexibility index (Phi) is 4.07. The maximum absolute atomic E-state index is 6.66. The number of aryl methyl sites for hydroxylation is 2. The normalized spacial score (nSPS) is 14.6. The molecule has 21 heavy (non-hydrogen) atoms. The van der Waals surface area contributed by atoms with Crippen molar-refractivity contribution < 1.29 is 9.47 Å². The van der Waals surface area contributed by atoms with Gasteiger partial charge >= 0.3 is 0 Å². The summed E-state index contributed by atoms with van der Waals surface area (Å²) in [6, 6.07) is 12.4. The smallest absolute Gasteiger partial charge is 0.161 e. The maximum Gasteiger partial charge on any atom is 0.161 e. The minimum atomic E-state index is -0.171. The molecule has 0 bridgehead atoms. The number of fused-ring (bicyclic) bond motifs is 1. The van der Waals surface area contributed by atoms with Gasteiger partial charge in [0.15, 0.2) is 11.5 Å². The van der Waals surface area contributed by atoms with Crippen molar-refractivity contribution >= 4 is 11.6 Å². The minimum absolute atomic E-state index is 0.171. The number of rotatable bonds is 4. The van der Waals surface area contributed by atoms with Gasteiger partial charge in [0.25, 0.3) is 0 Å². The molecular weight excluding hydrogens is 284 g/mol. The van der Waals surface area contributed by atoms with E-state index in [0.717, 1.165) is 16.9 Å². The van der Waals surface area contributed by atoms with Crippen molar-refractivity contribution in [3.8, 4) is 11.5 Å². The van der Waals surface area contributed by atoms with Crippen molar-refractivity contribution in [3.05, 3.63) is 58.7 Å². The van der Waals surface area contributed by atoms with E-state index in [1.807, 2.05) is 18.2 Å². The van der Waals surface area contributed by atoms with Crippen LogP contribution in [0.25, 0.3) is 0 Å². The number of alkyl halides is 1. The quantitative estimate of drug-likeness (QED) is 0.773. The molecule has 2 aromatic carbocycles. The average molecular weight is 303 g/mol. The molecular formula is C18H19ClO2. The third kappa shape index (κ3) is 2.73. The third-order valence-electron chi connectivity index (χ3n) is 4.12. The molecule has 3 heteroatoms. The van der Waals surface area contributed by atoms with E-state index in [1.165, 1.54) is 30.4 Å². The molecule has 0 aliphatic heterocycles. The van der Waals surface area contributed by atoms with Gasteiger partial charge in [0.1, 0.15) is 0 Å². The number of benzene rings is 2. The zero-order chi connectivity index (χ0) is 14.8. The molecule has 0 spiro atoms. The van der Waals surface area contributed by atoms with Gasteiger partial charge in [-0.05, 0) is 53.6 Å². The van der Waals surface area contributed by atoms with Crippen molar-refractivity contribution in [2.75, 3.05) is 14.2 Å². The van der Waals surface area contributed by atoms with Crippen LogP contribution in [0.1, 0.15) is 34.1 Å². The number of hydrogen-bond acceptors (Lipinski definition) is 2. The molecule has 1 aliphatic rings. The van der Waals surface area contributed by atoms with Crippen LogP contribution in [0.2, 0.25) is 0 Å². The predicted octanol–water partition coefficient (Wildman–Crippen LogP) is 4.52. The molecule has 2 aromatic rings. The third-order valence-corrected chi connectivity index (χ3v) is 4.62. The standard InChI is InChI=1S/C18H19ClO2/c1-20-16-9-8-15(11-17(16)21-2)18(19)14-7-6-12-4-3-5-13(12)10-14/h6-11,18H,3-5H2,1-2H3. The number of hydrogen-bond donors (Lipinski definition) is 0. The first-order valence-corrected chi connectivity index (χ1v) is 7.64. The molecule has 0 fully saturated rings. The molecule has 110 valence electrons. The average Bonchev–Trinajstić information content (AvgIpc) is 3.00. The largest absolute Gasteiger partial charge is 0.493 e.